The van der Waals surface area contributed by atoms with Gasteiger partial charge >= 0.3 is 0 Å². The number of hydrogen-bond donors (Lipinski definition) is 0. The molecule has 1 aromatic rings. The lowest BCUT2D eigenvalue weighted by molar-refractivity contribution is 0.446. The van der Waals surface area contributed by atoms with Crippen LogP contribution < -0.4 is 0 Å². The molecular formula is C13H17NO2S. The Hall–Kier alpha value is -1.13. The molecule has 4 heteroatoms. The van der Waals surface area contributed by atoms with E-state index in [-0.39, 0.29) is 0 Å². The number of sulfonamides is 1. The molecule has 2 rings (SSSR count). The van der Waals surface area contributed by atoms with Gasteiger partial charge < -0.3 is 0 Å². The fraction of sp³-hybridized carbons (Fsp3) is 0.385. The topological polar surface area (TPSA) is 37.4 Å². The van der Waals surface area contributed by atoms with Crippen LogP contribution in [0.2, 0.25) is 0 Å². The smallest absolute Gasteiger partial charge is 0.211 e. The van der Waals surface area contributed by atoms with E-state index in [1.54, 1.807) is 0 Å². The lowest BCUT2D eigenvalue weighted by Gasteiger charge is -2.24. The van der Waals surface area contributed by atoms with Crippen LogP contribution in [0.3, 0.4) is 0 Å². The Morgan fingerprint density at radius 1 is 1.18 bits per heavy atom. The summed E-state index contributed by atoms with van der Waals surface area (Å²) in [6.45, 7) is 3.13. The highest BCUT2D eigenvalue weighted by atomic mass is 32.2. The van der Waals surface area contributed by atoms with Crippen molar-refractivity contribution in [1.82, 2.24) is 4.31 Å². The van der Waals surface area contributed by atoms with Crippen molar-refractivity contribution in [3.63, 3.8) is 0 Å². The zero-order chi connectivity index (χ0) is 12.5. The number of aryl methyl sites for hydroxylation is 1. The molecule has 0 N–H and O–H groups in total. The molecule has 3 nitrogen and oxygen atoms in total. The zero-order valence-corrected chi connectivity index (χ0v) is 11.0. The van der Waals surface area contributed by atoms with Crippen molar-refractivity contribution >= 4 is 15.6 Å². The van der Waals surface area contributed by atoms with Gasteiger partial charge in [-0.05, 0) is 24.5 Å². The van der Waals surface area contributed by atoms with Gasteiger partial charge in [-0.25, -0.2) is 8.42 Å². The minimum atomic E-state index is -3.05. The summed E-state index contributed by atoms with van der Waals surface area (Å²) < 4.78 is 24.2. The van der Waals surface area contributed by atoms with E-state index in [1.165, 1.54) is 27.3 Å². The summed E-state index contributed by atoms with van der Waals surface area (Å²) in [5.74, 6) is 0. The first-order valence-corrected chi connectivity index (χ1v) is 7.53. The van der Waals surface area contributed by atoms with E-state index in [0.29, 0.717) is 13.1 Å². The molecule has 0 atom stereocenters. The molecule has 1 aliphatic rings. The molecule has 1 heterocycles. The van der Waals surface area contributed by atoms with Crippen molar-refractivity contribution in [1.29, 1.82) is 0 Å². The second-order valence-electron chi connectivity index (χ2n) is 4.47. The highest BCUT2D eigenvalue weighted by Gasteiger charge is 2.19. The van der Waals surface area contributed by atoms with Gasteiger partial charge in [0.2, 0.25) is 10.0 Å². The van der Waals surface area contributed by atoms with Gasteiger partial charge in [0.15, 0.2) is 0 Å². The third-order valence-electron chi connectivity index (χ3n) is 3.06. The molecule has 0 amide bonds. The van der Waals surface area contributed by atoms with Crippen molar-refractivity contribution < 1.29 is 8.42 Å². The second kappa shape index (κ2) is 4.63. The van der Waals surface area contributed by atoms with E-state index in [2.05, 4.69) is 31.2 Å². The van der Waals surface area contributed by atoms with Gasteiger partial charge in [0.25, 0.3) is 0 Å². The van der Waals surface area contributed by atoms with Crippen LogP contribution in [0.25, 0.3) is 5.57 Å². The van der Waals surface area contributed by atoms with Gasteiger partial charge in [-0.1, -0.05) is 35.9 Å². The third-order valence-corrected chi connectivity index (χ3v) is 4.33. The summed E-state index contributed by atoms with van der Waals surface area (Å²) in [4.78, 5) is 0. The Kier molecular flexibility index (Phi) is 3.35. The van der Waals surface area contributed by atoms with Crippen LogP contribution in [0.5, 0.6) is 0 Å². The fourth-order valence-electron chi connectivity index (χ4n) is 1.98. The standard InChI is InChI=1S/C13H17NO2S/c1-11-3-5-12(6-4-11)13-7-9-14(10-8-13)17(2,15)16/h3-7H,8-10H2,1-2H3. The van der Waals surface area contributed by atoms with Crippen LogP contribution in [-0.4, -0.2) is 32.1 Å². The molecule has 1 aliphatic heterocycles. The summed E-state index contributed by atoms with van der Waals surface area (Å²) in [5, 5.41) is 0. The average molecular weight is 251 g/mol. The predicted molar refractivity (Wildman–Crippen MR) is 70.2 cm³/mol. The van der Waals surface area contributed by atoms with Crippen molar-refractivity contribution in [2.24, 2.45) is 0 Å². The second-order valence-corrected chi connectivity index (χ2v) is 6.45. The highest BCUT2D eigenvalue weighted by Crippen LogP contribution is 2.23. The normalized spacial score (nSPS) is 17.9. The van der Waals surface area contributed by atoms with Crippen molar-refractivity contribution in [2.75, 3.05) is 19.3 Å². The molecule has 0 bridgehead atoms. The Labute approximate surface area is 103 Å². The molecule has 0 saturated carbocycles. The van der Waals surface area contributed by atoms with Crippen LogP contribution >= 0.6 is 0 Å². The Morgan fingerprint density at radius 2 is 1.82 bits per heavy atom. The summed E-state index contributed by atoms with van der Waals surface area (Å²) in [6, 6.07) is 8.35. The van der Waals surface area contributed by atoms with Crippen LogP contribution in [0.15, 0.2) is 30.3 Å². The SMILES string of the molecule is Cc1ccc(C2=CCN(S(C)(=O)=O)CC2)cc1. The van der Waals surface area contributed by atoms with Gasteiger partial charge in [0.1, 0.15) is 0 Å². The van der Waals surface area contributed by atoms with Crippen molar-refractivity contribution in [3.8, 4) is 0 Å². The lowest BCUT2D eigenvalue weighted by Crippen LogP contribution is -2.33. The molecule has 92 valence electrons. The molecule has 1 aromatic carbocycles. The van der Waals surface area contributed by atoms with Gasteiger partial charge in [-0.3, -0.25) is 0 Å². The molecule has 0 aliphatic carbocycles. The number of rotatable bonds is 2. The molecule has 0 unspecified atom stereocenters. The lowest BCUT2D eigenvalue weighted by atomic mass is 9.99. The first-order valence-electron chi connectivity index (χ1n) is 5.68. The maximum Gasteiger partial charge on any atom is 0.211 e. The summed E-state index contributed by atoms with van der Waals surface area (Å²) in [6.07, 6.45) is 4.06. The summed E-state index contributed by atoms with van der Waals surface area (Å²) in [7, 11) is -3.05. The maximum atomic E-state index is 11.4. The molecular weight excluding hydrogens is 234 g/mol. The summed E-state index contributed by atoms with van der Waals surface area (Å²) in [5.41, 5.74) is 3.68. The van der Waals surface area contributed by atoms with Crippen LogP contribution in [0.4, 0.5) is 0 Å². The molecule has 0 spiro atoms. The van der Waals surface area contributed by atoms with Gasteiger partial charge in [-0.2, -0.15) is 4.31 Å². The molecule has 0 aromatic heterocycles. The fourth-order valence-corrected chi connectivity index (χ4v) is 2.75. The summed E-state index contributed by atoms with van der Waals surface area (Å²) >= 11 is 0. The van der Waals surface area contributed by atoms with Gasteiger partial charge in [0.05, 0.1) is 6.26 Å². The monoisotopic (exact) mass is 251 g/mol. The minimum absolute atomic E-state index is 0.488. The average Bonchev–Trinajstić information content (AvgIpc) is 2.29. The molecule has 0 saturated heterocycles. The van der Waals surface area contributed by atoms with Crippen LogP contribution in [0, 0.1) is 6.92 Å². The molecule has 17 heavy (non-hydrogen) atoms. The molecule has 0 fully saturated rings. The first-order chi connectivity index (χ1) is 7.97. The van der Waals surface area contributed by atoms with E-state index in [0.717, 1.165) is 6.42 Å². The number of hydrogen-bond acceptors (Lipinski definition) is 2. The third kappa shape index (κ3) is 2.96. The first kappa shape index (κ1) is 12.3. The van der Waals surface area contributed by atoms with Crippen molar-refractivity contribution in [2.45, 2.75) is 13.3 Å². The number of benzene rings is 1. The van der Waals surface area contributed by atoms with Crippen LogP contribution in [-0.2, 0) is 10.0 Å². The zero-order valence-electron chi connectivity index (χ0n) is 10.2. The number of nitrogens with zero attached hydrogens (tertiary/aromatic N) is 1. The predicted octanol–water partition coefficient (Wildman–Crippen LogP) is 2.04. The van der Waals surface area contributed by atoms with E-state index in [9.17, 15) is 8.42 Å². The van der Waals surface area contributed by atoms with E-state index in [1.807, 2.05) is 6.08 Å². The highest BCUT2D eigenvalue weighted by molar-refractivity contribution is 7.88. The Bertz CT molecular complexity index is 529. The van der Waals surface area contributed by atoms with E-state index >= 15 is 0 Å². The largest absolute Gasteiger partial charge is 0.212 e. The van der Waals surface area contributed by atoms with Crippen LogP contribution in [0.1, 0.15) is 17.5 Å². The quantitative estimate of drug-likeness (QED) is 0.806. The van der Waals surface area contributed by atoms with Crippen molar-refractivity contribution in [3.05, 3.63) is 41.5 Å². The van der Waals surface area contributed by atoms with E-state index < -0.39 is 10.0 Å². The maximum absolute atomic E-state index is 11.4. The van der Waals surface area contributed by atoms with Gasteiger partial charge in [0, 0.05) is 13.1 Å². The molecule has 0 radical (unpaired) electrons. The Morgan fingerprint density at radius 3 is 2.29 bits per heavy atom. The van der Waals surface area contributed by atoms with Gasteiger partial charge in [-0.15, -0.1) is 0 Å². The minimum Gasteiger partial charge on any atom is -0.212 e. The Balaban J connectivity index is 2.16. The van der Waals surface area contributed by atoms with E-state index in [4.69, 9.17) is 0 Å².